The number of nitrogens with zero attached hydrogens (tertiary/aromatic N) is 3. The molecule has 2 heterocycles. The summed E-state index contributed by atoms with van der Waals surface area (Å²) in [7, 11) is 0. The maximum Gasteiger partial charge on any atom is 0.242 e. The Bertz CT molecular complexity index is 389. The van der Waals surface area contributed by atoms with Gasteiger partial charge in [-0.2, -0.15) is 0 Å². The average molecular weight is 235 g/mol. The van der Waals surface area contributed by atoms with Crippen molar-refractivity contribution in [1.82, 2.24) is 20.2 Å². The average Bonchev–Trinajstić information content (AvgIpc) is 2.38. The van der Waals surface area contributed by atoms with Crippen molar-refractivity contribution in [1.29, 1.82) is 0 Å². The fraction of sp³-hybridized carbons (Fsp3) is 0.545. The zero-order valence-corrected chi connectivity index (χ0v) is 9.94. The highest BCUT2D eigenvalue weighted by molar-refractivity contribution is 5.80. The lowest BCUT2D eigenvalue weighted by Gasteiger charge is -2.27. The highest BCUT2D eigenvalue weighted by Crippen LogP contribution is 2.05. The molecule has 0 aromatic carbocycles. The number of hydrogen-bond donors (Lipinski definition) is 2. The zero-order chi connectivity index (χ0) is 12.1. The molecule has 0 bridgehead atoms. The summed E-state index contributed by atoms with van der Waals surface area (Å²) in [6, 6.07) is 0. The maximum atomic E-state index is 11.9. The largest absolute Gasteiger partial charge is 0.359 e. The minimum absolute atomic E-state index is 0.108. The Hall–Kier alpha value is -1.69. The summed E-state index contributed by atoms with van der Waals surface area (Å²) in [5.74, 6) is 0.785. The van der Waals surface area contributed by atoms with Gasteiger partial charge >= 0.3 is 0 Å². The molecule has 17 heavy (non-hydrogen) atoms. The second-order valence-electron chi connectivity index (χ2n) is 3.97. The fourth-order valence-corrected chi connectivity index (χ4v) is 1.77. The topological polar surface area (TPSA) is 70.2 Å². The minimum atomic E-state index is 0.108. The molecule has 6 nitrogen and oxygen atoms in total. The molecule has 0 aliphatic carbocycles. The summed E-state index contributed by atoms with van der Waals surface area (Å²) in [6.45, 7) is 5.44. The Balaban J connectivity index is 1.85. The van der Waals surface area contributed by atoms with Crippen LogP contribution in [0.3, 0.4) is 0 Å². The van der Waals surface area contributed by atoms with Gasteiger partial charge in [0, 0.05) is 38.6 Å². The Morgan fingerprint density at radius 2 is 2.12 bits per heavy atom. The second-order valence-corrected chi connectivity index (χ2v) is 3.97. The van der Waals surface area contributed by atoms with Gasteiger partial charge in [0.2, 0.25) is 5.91 Å². The predicted octanol–water partition coefficient (Wildman–Crippen LogP) is -0.371. The van der Waals surface area contributed by atoms with E-state index < -0.39 is 0 Å². The predicted molar refractivity (Wildman–Crippen MR) is 64.7 cm³/mol. The van der Waals surface area contributed by atoms with Crippen LogP contribution in [0.2, 0.25) is 0 Å². The normalized spacial score (nSPS) is 15.7. The molecule has 1 amide bonds. The number of piperazine rings is 1. The van der Waals surface area contributed by atoms with Gasteiger partial charge in [0.05, 0.1) is 12.2 Å². The number of carbonyl (C=O) groups is 1. The summed E-state index contributed by atoms with van der Waals surface area (Å²) in [6.07, 6.45) is 3.25. The first-order valence-electron chi connectivity index (χ1n) is 5.77. The van der Waals surface area contributed by atoms with E-state index in [4.69, 9.17) is 0 Å². The van der Waals surface area contributed by atoms with Crippen molar-refractivity contribution >= 4 is 11.7 Å². The summed E-state index contributed by atoms with van der Waals surface area (Å²) < 4.78 is 0. The van der Waals surface area contributed by atoms with Crippen LogP contribution in [0.25, 0.3) is 0 Å². The van der Waals surface area contributed by atoms with E-state index in [1.54, 1.807) is 12.4 Å². The van der Waals surface area contributed by atoms with Crippen LogP contribution >= 0.6 is 0 Å². The van der Waals surface area contributed by atoms with E-state index in [1.165, 1.54) is 0 Å². The Labute approximate surface area is 100 Å². The molecule has 6 heteroatoms. The van der Waals surface area contributed by atoms with Crippen molar-refractivity contribution in [3.05, 3.63) is 18.1 Å². The van der Waals surface area contributed by atoms with E-state index in [0.717, 1.165) is 31.9 Å². The summed E-state index contributed by atoms with van der Waals surface area (Å²) in [5, 5.41) is 6.24. The highest BCUT2D eigenvalue weighted by Gasteiger charge is 2.15. The lowest BCUT2D eigenvalue weighted by molar-refractivity contribution is -0.129. The van der Waals surface area contributed by atoms with E-state index in [2.05, 4.69) is 20.6 Å². The Morgan fingerprint density at radius 3 is 2.82 bits per heavy atom. The summed E-state index contributed by atoms with van der Waals surface area (Å²) in [5.41, 5.74) is 0.806. The van der Waals surface area contributed by atoms with E-state index >= 15 is 0 Å². The van der Waals surface area contributed by atoms with Crippen molar-refractivity contribution in [3.63, 3.8) is 0 Å². The number of hydrogen-bond acceptors (Lipinski definition) is 5. The second kappa shape index (κ2) is 5.58. The van der Waals surface area contributed by atoms with Crippen molar-refractivity contribution in [2.24, 2.45) is 0 Å². The molecule has 0 atom stereocenters. The number of rotatable bonds is 3. The smallest absolute Gasteiger partial charge is 0.242 e. The van der Waals surface area contributed by atoms with E-state index in [-0.39, 0.29) is 12.5 Å². The third-order valence-corrected chi connectivity index (χ3v) is 2.76. The van der Waals surface area contributed by atoms with Gasteiger partial charge in [-0.3, -0.25) is 9.78 Å². The summed E-state index contributed by atoms with van der Waals surface area (Å²) in [4.78, 5) is 22.0. The standard InChI is InChI=1S/C11H17N5O/c1-9-11(14-3-2-13-9)15-8-10(17)16-6-4-12-5-7-16/h2-3,12H,4-8H2,1H3,(H,14,15). The maximum absolute atomic E-state index is 11.9. The molecule has 1 aliphatic rings. The van der Waals surface area contributed by atoms with Gasteiger partial charge in [-0.1, -0.05) is 0 Å². The first kappa shape index (κ1) is 11.8. The number of amides is 1. The molecule has 0 radical (unpaired) electrons. The van der Waals surface area contributed by atoms with Gasteiger partial charge in [-0.25, -0.2) is 4.98 Å². The number of anilines is 1. The lowest BCUT2D eigenvalue weighted by Crippen LogP contribution is -2.48. The third-order valence-electron chi connectivity index (χ3n) is 2.76. The van der Waals surface area contributed by atoms with Crippen LogP contribution in [0.15, 0.2) is 12.4 Å². The number of aryl methyl sites for hydroxylation is 1. The Kier molecular flexibility index (Phi) is 3.87. The molecule has 92 valence electrons. The van der Waals surface area contributed by atoms with Gasteiger partial charge in [0.25, 0.3) is 0 Å². The van der Waals surface area contributed by atoms with Crippen molar-refractivity contribution in [3.8, 4) is 0 Å². The highest BCUT2D eigenvalue weighted by atomic mass is 16.2. The van der Waals surface area contributed by atoms with E-state index in [0.29, 0.717) is 5.82 Å². The van der Waals surface area contributed by atoms with Gasteiger partial charge < -0.3 is 15.5 Å². The van der Waals surface area contributed by atoms with Gasteiger partial charge in [-0.05, 0) is 6.92 Å². The summed E-state index contributed by atoms with van der Waals surface area (Å²) >= 11 is 0. The van der Waals surface area contributed by atoms with Gasteiger partial charge in [-0.15, -0.1) is 0 Å². The van der Waals surface area contributed by atoms with Crippen LogP contribution in [0.1, 0.15) is 5.69 Å². The van der Waals surface area contributed by atoms with Crippen LogP contribution < -0.4 is 10.6 Å². The first-order valence-corrected chi connectivity index (χ1v) is 5.77. The van der Waals surface area contributed by atoms with Crippen molar-refractivity contribution in [2.45, 2.75) is 6.92 Å². The molecule has 1 saturated heterocycles. The Morgan fingerprint density at radius 1 is 1.41 bits per heavy atom. The van der Waals surface area contributed by atoms with Gasteiger partial charge in [0.1, 0.15) is 5.82 Å². The monoisotopic (exact) mass is 235 g/mol. The third kappa shape index (κ3) is 3.13. The fourth-order valence-electron chi connectivity index (χ4n) is 1.77. The van der Waals surface area contributed by atoms with Crippen LogP contribution in [0, 0.1) is 6.92 Å². The van der Waals surface area contributed by atoms with E-state index in [1.807, 2.05) is 11.8 Å². The van der Waals surface area contributed by atoms with Crippen LogP contribution in [-0.4, -0.2) is 53.5 Å². The quantitative estimate of drug-likeness (QED) is 0.748. The molecule has 2 rings (SSSR count). The molecular weight excluding hydrogens is 218 g/mol. The molecule has 0 spiro atoms. The molecular formula is C11H17N5O. The lowest BCUT2D eigenvalue weighted by atomic mass is 10.3. The first-order chi connectivity index (χ1) is 8.27. The molecule has 1 aromatic rings. The molecule has 0 unspecified atom stereocenters. The van der Waals surface area contributed by atoms with Gasteiger partial charge in [0.15, 0.2) is 0 Å². The van der Waals surface area contributed by atoms with E-state index in [9.17, 15) is 4.79 Å². The molecule has 2 N–H and O–H groups in total. The van der Waals surface area contributed by atoms with Crippen molar-refractivity contribution < 1.29 is 4.79 Å². The minimum Gasteiger partial charge on any atom is -0.359 e. The molecule has 1 fully saturated rings. The van der Waals surface area contributed by atoms with Crippen LogP contribution in [0.4, 0.5) is 5.82 Å². The molecule has 0 saturated carbocycles. The number of nitrogens with one attached hydrogen (secondary N) is 2. The number of aromatic nitrogens is 2. The number of carbonyl (C=O) groups excluding carboxylic acids is 1. The van der Waals surface area contributed by atoms with Crippen LogP contribution in [0.5, 0.6) is 0 Å². The SMILES string of the molecule is Cc1nccnc1NCC(=O)N1CCNCC1. The molecule has 1 aliphatic heterocycles. The van der Waals surface area contributed by atoms with Crippen LogP contribution in [-0.2, 0) is 4.79 Å². The van der Waals surface area contributed by atoms with Crippen molar-refractivity contribution in [2.75, 3.05) is 38.0 Å². The zero-order valence-electron chi connectivity index (χ0n) is 9.94. The molecule has 1 aromatic heterocycles.